The van der Waals surface area contributed by atoms with Gasteiger partial charge in [-0.2, -0.15) is 13.2 Å². The largest absolute Gasteiger partial charge is 0.496 e. The third-order valence-electron chi connectivity index (χ3n) is 2.57. The minimum atomic E-state index is -4.15. The molecule has 0 spiro atoms. The van der Waals surface area contributed by atoms with E-state index in [1.807, 2.05) is 0 Å². The molecule has 0 saturated heterocycles. The first kappa shape index (κ1) is 16.7. The molecule has 0 unspecified atom stereocenters. The summed E-state index contributed by atoms with van der Waals surface area (Å²) in [6, 6.07) is 5.13. The van der Waals surface area contributed by atoms with Gasteiger partial charge in [0.25, 0.3) is 0 Å². The maximum atomic E-state index is 12.0. The molecule has 0 aromatic heterocycles. The van der Waals surface area contributed by atoms with Gasteiger partial charge in [0, 0.05) is 24.2 Å². The third-order valence-corrected chi connectivity index (χ3v) is 2.81. The molecule has 1 rings (SSSR count). The zero-order valence-corrected chi connectivity index (χ0v) is 11.8. The lowest BCUT2D eigenvalue weighted by atomic mass is 10.1. The van der Waals surface area contributed by atoms with E-state index < -0.39 is 12.6 Å². The first-order valence-corrected chi connectivity index (χ1v) is 6.35. The summed E-state index contributed by atoms with van der Waals surface area (Å²) in [5.41, 5.74) is 6.88. The topological polar surface area (TPSA) is 44.5 Å². The molecule has 0 atom stereocenters. The van der Waals surface area contributed by atoms with Crippen LogP contribution in [-0.4, -0.2) is 24.9 Å². The molecule has 2 N–H and O–H groups in total. The average molecular weight is 307 g/mol. The molecule has 0 aliphatic carbocycles. The van der Waals surface area contributed by atoms with E-state index in [4.69, 9.17) is 27.4 Å². The van der Waals surface area contributed by atoms with Gasteiger partial charge < -0.3 is 15.2 Å². The van der Waals surface area contributed by atoms with E-state index in [2.05, 4.69) is 0 Å². The van der Waals surface area contributed by atoms with Crippen LogP contribution in [0, 0.1) is 0 Å². The monoisotopic (exact) mass is 307 g/mol. The summed E-state index contributed by atoms with van der Waals surface area (Å²) in [6.07, 6.45) is -5.06. The fourth-order valence-electron chi connectivity index (χ4n) is 1.60. The highest BCUT2D eigenvalue weighted by molar-refractivity contribution is 7.80. The predicted octanol–water partition coefficient (Wildman–Crippen LogP) is 3.19. The Hall–Kier alpha value is -1.34. The first-order valence-electron chi connectivity index (χ1n) is 5.94. The van der Waals surface area contributed by atoms with Gasteiger partial charge in [0.15, 0.2) is 0 Å². The second-order valence-electron chi connectivity index (χ2n) is 4.16. The molecule has 1 aromatic carbocycles. The first-order chi connectivity index (χ1) is 9.33. The number of benzene rings is 1. The maximum absolute atomic E-state index is 12.0. The molecule has 0 aliphatic rings. The summed E-state index contributed by atoms with van der Waals surface area (Å²) in [5, 5.41) is 0. The molecular formula is C13H16F3NO2S. The average Bonchev–Trinajstić information content (AvgIpc) is 2.36. The predicted molar refractivity (Wildman–Crippen MR) is 73.8 cm³/mol. The highest BCUT2D eigenvalue weighted by Gasteiger charge is 2.25. The number of hydrogen-bond donors (Lipinski definition) is 1. The molecule has 1 aromatic rings. The Kier molecular flexibility index (Phi) is 6.22. The van der Waals surface area contributed by atoms with Gasteiger partial charge in [0.1, 0.15) is 10.7 Å². The Morgan fingerprint density at radius 3 is 2.60 bits per heavy atom. The van der Waals surface area contributed by atoms with Gasteiger partial charge in [0.05, 0.1) is 13.7 Å². The van der Waals surface area contributed by atoms with E-state index in [9.17, 15) is 13.2 Å². The minimum Gasteiger partial charge on any atom is -0.496 e. The second-order valence-corrected chi connectivity index (χ2v) is 4.60. The van der Waals surface area contributed by atoms with Gasteiger partial charge >= 0.3 is 6.18 Å². The normalized spacial score (nSPS) is 11.4. The van der Waals surface area contributed by atoms with E-state index in [-0.39, 0.29) is 24.6 Å². The summed E-state index contributed by atoms with van der Waals surface area (Å²) in [6.45, 7) is 0.178. The highest BCUT2D eigenvalue weighted by Crippen LogP contribution is 2.23. The number of halogens is 3. The molecule has 0 saturated carbocycles. The quantitative estimate of drug-likeness (QED) is 0.621. The van der Waals surface area contributed by atoms with Crippen LogP contribution in [0.4, 0.5) is 13.2 Å². The molecule has 112 valence electrons. The van der Waals surface area contributed by atoms with Crippen molar-refractivity contribution in [3.8, 4) is 5.75 Å². The Morgan fingerprint density at radius 2 is 2.05 bits per heavy atom. The van der Waals surface area contributed by atoms with Crippen molar-refractivity contribution >= 4 is 17.2 Å². The molecule has 0 aliphatic heterocycles. The lowest BCUT2D eigenvalue weighted by Crippen LogP contribution is -2.11. The van der Waals surface area contributed by atoms with E-state index in [1.165, 1.54) is 7.11 Å². The number of rotatable bonds is 7. The standard InChI is InChI=1S/C13H16F3NO2S/c1-18-11-4-3-9(12(17)20)7-10(11)8-19-6-2-5-13(14,15)16/h3-4,7H,2,5-6,8H2,1H3,(H2,17,20). The molecule has 0 bridgehead atoms. The Balaban J connectivity index is 2.53. The SMILES string of the molecule is COc1ccc(C(N)=S)cc1COCCCC(F)(F)F. The summed E-state index contributed by atoms with van der Waals surface area (Å²) < 4.78 is 46.3. The fourth-order valence-corrected chi connectivity index (χ4v) is 1.73. The van der Waals surface area contributed by atoms with Crippen molar-refractivity contribution in [2.75, 3.05) is 13.7 Å². The van der Waals surface area contributed by atoms with Gasteiger partial charge in [-0.1, -0.05) is 12.2 Å². The van der Waals surface area contributed by atoms with Gasteiger partial charge in [0.2, 0.25) is 0 Å². The fraction of sp³-hybridized carbons (Fsp3) is 0.462. The summed E-state index contributed by atoms with van der Waals surface area (Å²) in [7, 11) is 1.50. The Labute approximate surface area is 120 Å². The van der Waals surface area contributed by atoms with Gasteiger partial charge in [-0.05, 0) is 24.6 Å². The van der Waals surface area contributed by atoms with Crippen molar-refractivity contribution in [2.45, 2.75) is 25.6 Å². The summed E-state index contributed by atoms with van der Waals surface area (Å²) in [4.78, 5) is 0.242. The second kappa shape index (κ2) is 7.44. The van der Waals surface area contributed by atoms with Crippen molar-refractivity contribution in [1.29, 1.82) is 0 Å². The Bertz CT molecular complexity index is 463. The molecule has 0 fully saturated rings. The molecule has 0 radical (unpaired) electrons. The van der Waals surface area contributed by atoms with Crippen LogP contribution >= 0.6 is 12.2 Å². The highest BCUT2D eigenvalue weighted by atomic mass is 32.1. The number of alkyl halides is 3. The zero-order chi connectivity index (χ0) is 15.2. The van der Waals surface area contributed by atoms with E-state index in [0.29, 0.717) is 16.9 Å². The van der Waals surface area contributed by atoms with Gasteiger partial charge in [-0.3, -0.25) is 0 Å². The lowest BCUT2D eigenvalue weighted by molar-refractivity contribution is -0.138. The zero-order valence-electron chi connectivity index (χ0n) is 11.0. The van der Waals surface area contributed by atoms with Crippen LogP contribution in [-0.2, 0) is 11.3 Å². The number of methoxy groups -OCH3 is 1. The molecule has 0 amide bonds. The van der Waals surface area contributed by atoms with Crippen molar-refractivity contribution in [1.82, 2.24) is 0 Å². The third kappa shape index (κ3) is 5.75. The van der Waals surface area contributed by atoms with Gasteiger partial charge in [-0.15, -0.1) is 0 Å². The Morgan fingerprint density at radius 1 is 1.35 bits per heavy atom. The van der Waals surface area contributed by atoms with Crippen molar-refractivity contribution < 1.29 is 22.6 Å². The van der Waals surface area contributed by atoms with E-state index >= 15 is 0 Å². The van der Waals surface area contributed by atoms with Crippen molar-refractivity contribution in [3.63, 3.8) is 0 Å². The summed E-state index contributed by atoms with van der Waals surface area (Å²) in [5.74, 6) is 0.584. The molecule has 20 heavy (non-hydrogen) atoms. The number of thiocarbonyl (C=S) groups is 1. The lowest BCUT2D eigenvalue weighted by Gasteiger charge is -2.11. The van der Waals surface area contributed by atoms with Crippen LogP contribution in [0.1, 0.15) is 24.0 Å². The summed E-state index contributed by atoms with van der Waals surface area (Å²) >= 11 is 4.87. The van der Waals surface area contributed by atoms with E-state index in [0.717, 1.165) is 0 Å². The molecule has 0 heterocycles. The van der Waals surface area contributed by atoms with Crippen LogP contribution in [0.25, 0.3) is 0 Å². The van der Waals surface area contributed by atoms with Gasteiger partial charge in [-0.25, -0.2) is 0 Å². The number of nitrogens with two attached hydrogens (primary N) is 1. The van der Waals surface area contributed by atoms with Crippen LogP contribution in [0.2, 0.25) is 0 Å². The van der Waals surface area contributed by atoms with Crippen LogP contribution in [0.3, 0.4) is 0 Å². The smallest absolute Gasteiger partial charge is 0.389 e. The van der Waals surface area contributed by atoms with Crippen molar-refractivity contribution in [2.24, 2.45) is 5.73 Å². The van der Waals surface area contributed by atoms with Crippen molar-refractivity contribution in [3.05, 3.63) is 29.3 Å². The molecular weight excluding hydrogens is 291 g/mol. The van der Waals surface area contributed by atoms with Crippen LogP contribution < -0.4 is 10.5 Å². The number of hydrogen-bond acceptors (Lipinski definition) is 3. The minimum absolute atomic E-state index is 0.0277. The van der Waals surface area contributed by atoms with Crippen LogP contribution in [0.5, 0.6) is 5.75 Å². The molecule has 7 heteroatoms. The van der Waals surface area contributed by atoms with E-state index in [1.54, 1.807) is 18.2 Å². The number of ether oxygens (including phenoxy) is 2. The molecule has 3 nitrogen and oxygen atoms in total. The van der Waals surface area contributed by atoms with Crippen LogP contribution in [0.15, 0.2) is 18.2 Å². The maximum Gasteiger partial charge on any atom is 0.389 e.